The Hall–Kier alpha value is -1.80. The molecule has 118 valence electrons. The van der Waals surface area contributed by atoms with Gasteiger partial charge in [-0.15, -0.1) is 0 Å². The molecule has 0 bridgehead atoms. The molecule has 0 saturated heterocycles. The molecule has 0 heterocycles. The van der Waals surface area contributed by atoms with Crippen LogP contribution < -0.4 is 4.74 Å². The maximum atomic E-state index is 11.7. The van der Waals surface area contributed by atoms with E-state index in [4.69, 9.17) is 4.74 Å². The smallest absolute Gasteiger partial charge is 0.128 e. The minimum Gasteiger partial charge on any atom is -0.496 e. The maximum absolute atomic E-state index is 11.7. The van der Waals surface area contributed by atoms with E-state index in [0.717, 1.165) is 28.0 Å². The van der Waals surface area contributed by atoms with E-state index in [2.05, 4.69) is 13.0 Å². The number of hydrogen-bond acceptors (Lipinski definition) is 2. The Bertz CT molecular complexity index is 659. The van der Waals surface area contributed by atoms with Crippen molar-refractivity contribution in [3.05, 3.63) is 64.2 Å². The van der Waals surface area contributed by atoms with Gasteiger partial charge in [0.05, 0.1) is 7.11 Å². The minimum atomic E-state index is -1.07. The van der Waals surface area contributed by atoms with E-state index in [-0.39, 0.29) is 5.92 Å². The molecule has 1 unspecified atom stereocenters. The first kappa shape index (κ1) is 16.6. The third-order valence-corrected chi connectivity index (χ3v) is 4.62. The summed E-state index contributed by atoms with van der Waals surface area (Å²) in [4.78, 5) is 0. The number of rotatable bonds is 4. The number of methoxy groups -OCH3 is 1. The van der Waals surface area contributed by atoms with Gasteiger partial charge in [0.2, 0.25) is 0 Å². The molecular formula is C20H26O2. The number of aryl methyl sites for hydroxylation is 2. The summed E-state index contributed by atoms with van der Waals surface area (Å²) in [5.74, 6) is 0.808. The Morgan fingerprint density at radius 3 is 2.09 bits per heavy atom. The monoisotopic (exact) mass is 298 g/mol. The fourth-order valence-electron chi connectivity index (χ4n) is 3.24. The average Bonchev–Trinajstić information content (AvgIpc) is 2.50. The average molecular weight is 298 g/mol. The predicted octanol–water partition coefficient (Wildman–Crippen LogP) is 4.51. The van der Waals surface area contributed by atoms with Gasteiger partial charge in [-0.3, -0.25) is 0 Å². The lowest BCUT2D eigenvalue weighted by molar-refractivity contribution is 0.0288. The summed E-state index contributed by atoms with van der Waals surface area (Å²) in [5, 5.41) is 11.7. The summed E-state index contributed by atoms with van der Waals surface area (Å²) in [6.07, 6.45) is 0. The highest BCUT2D eigenvalue weighted by atomic mass is 16.5. The molecule has 2 aromatic rings. The molecule has 22 heavy (non-hydrogen) atoms. The zero-order chi connectivity index (χ0) is 16.5. The van der Waals surface area contributed by atoms with Gasteiger partial charge in [-0.1, -0.05) is 50.2 Å². The van der Waals surface area contributed by atoms with Gasteiger partial charge in [-0.25, -0.2) is 0 Å². The van der Waals surface area contributed by atoms with E-state index in [0.29, 0.717) is 0 Å². The topological polar surface area (TPSA) is 29.5 Å². The lowest BCUT2D eigenvalue weighted by Crippen LogP contribution is -2.35. The first-order chi connectivity index (χ1) is 10.3. The molecule has 2 rings (SSSR count). The van der Waals surface area contributed by atoms with Crippen LogP contribution >= 0.6 is 0 Å². The highest BCUT2D eigenvalue weighted by Crippen LogP contribution is 2.44. The Morgan fingerprint density at radius 1 is 1.00 bits per heavy atom. The van der Waals surface area contributed by atoms with Crippen LogP contribution in [-0.2, 0) is 5.60 Å². The van der Waals surface area contributed by atoms with Gasteiger partial charge < -0.3 is 9.84 Å². The molecule has 0 aliphatic carbocycles. The second-order valence-corrected chi connectivity index (χ2v) is 6.33. The van der Waals surface area contributed by atoms with Crippen LogP contribution in [0.2, 0.25) is 0 Å². The van der Waals surface area contributed by atoms with Gasteiger partial charge in [0.15, 0.2) is 0 Å². The molecule has 0 saturated carbocycles. The van der Waals surface area contributed by atoms with Crippen molar-refractivity contribution in [2.75, 3.05) is 7.11 Å². The van der Waals surface area contributed by atoms with Crippen LogP contribution in [0, 0.1) is 26.7 Å². The first-order valence-electron chi connectivity index (χ1n) is 7.77. The molecule has 0 amide bonds. The fourth-order valence-corrected chi connectivity index (χ4v) is 3.24. The normalized spacial score (nSPS) is 14.0. The van der Waals surface area contributed by atoms with E-state index < -0.39 is 5.60 Å². The quantitative estimate of drug-likeness (QED) is 0.899. The van der Waals surface area contributed by atoms with Crippen molar-refractivity contribution in [1.82, 2.24) is 0 Å². The molecular weight excluding hydrogens is 272 g/mol. The summed E-state index contributed by atoms with van der Waals surface area (Å²) in [7, 11) is 1.68. The van der Waals surface area contributed by atoms with E-state index >= 15 is 0 Å². The molecule has 0 aromatic heterocycles. The van der Waals surface area contributed by atoms with Gasteiger partial charge >= 0.3 is 0 Å². The standard InChI is InChI=1S/C20H26O2/c1-13(2)20(21,17-10-8-7-9-11-17)18-15(4)12-14(3)16(5)19(18)22-6/h7-13,21H,1-6H3. The van der Waals surface area contributed by atoms with Crippen LogP contribution in [0.5, 0.6) is 5.75 Å². The van der Waals surface area contributed by atoms with Crippen molar-refractivity contribution in [3.8, 4) is 5.75 Å². The van der Waals surface area contributed by atoms with Crippen LogP contribution in [-0.4, -0.2) is 12.2 Å². The predicted molar refractivity (Wildman–Crippen MR) is 91.5 cm³/mol. The second kappa shape index (κ2) is 6.13. The van der Waals surface area contributed by atoms with E-state index in [1.807, 2.05) is 58.0 Å². The summed E-state index contributed by atoms with van der Waals surface area (Å²) in [6.45, 7) is 10.2. The number of hydrogen-bond donors (Lipinski definition) is 1. The molecule has 2 nitrogen and oxygen atoms in total. The van der Waals surface area contributed by atoms with Gasteiger partial charge in [-0.05, 0) is 48.9 Å². The molecule has 0 fully saturated rings. The lowest BCUT2D eigenvalue weighted by atomic mass is 9.74. The van der Waals surface area contributed by atoms with Crippen molar-refractivity contribution < 1.29 is 9.84 Å². The molecule has 0 radical (unpaired) electrons. The molecule has 2 aromatic carbocycles. The lowest BCUT2D eigenvalue weighted by Gasteiger charge is -2.36. The largest absolute Gasteiger partial charge is 0.496 e. The Labute approximate surface area is 133 Å². The third-order valence-electron chi connectivity index (χ3n) is 4.62. The molecule has 1 atom stereocenters. The third kappa shape index (κ3) is 2.52. The number of aliphatic hydroxyl groups is 1. The molecule has 0 aliphatic heterocycles. The summed E-state index contributed by atoms with van der Waals surface area (Å²) in [6, 6.07) is 12.0. The van der Waals surface area contributed by atoms with E-state index in [9.17, 15) is 5.11 Å². The fraction of sp³-hybridized carbons (Fsp3) is 0.400. The maximum Gasteiger partial charge on any atom is 0.128 e. The van der Waals surface area contributed by atoms with Gasteiger partial charge in [0.1, 0.15) is 11.4 Å². The Kier molecular flexibility index (Phi) is 4.62. The second-order valence-electron chi connectivity index (χ2n) is 6.33. The molecule has 0 spiro atoms. The van der Waals surface area contributed by atoms with Gasteiger partial charge in [0, 0.05) is 5.56 Å². The first-order valence-corrected chi connectivity index (χ1v) is 7.77. The minimum absolute atomic E-state index is 0.0182. The van der Waals surface area contributed by atoms with Crippen LogP contribution in [0.1, 0.15) is 41.7 Å². The molecule has 2 heteroatoms. The van der Waals surface area contributed by atoms with Gasteiger partial charge in [-0.2, -0.15) is 0 Å². The van der Waals surface area contributed by atoms with E-state index in [1.165, 1.54) is 5.56 Å². The van der Waals surface area contributed by atoms with Crippen LogP contribution in [0.15, 0.2) is 36.4 Å². The van der Waals surface area contributed by atoms with Crippen molar-refractivity contribution >= 4 is 0 Å². The van der Waals surface area contributed by atoms with Crippen molar-refractivity contribution in [3.63, 3.8) is 0 Å². The van der Waals surface area contributed by atoms with Crippen LogP contribution in [0.4, 0.5) is 0 Å². The zero-order valence-corrected chi connectivity index (χ0v) is 14.4. The highest BCUT2D eigenvalue weighted by molar-refractivity contribution is 5.55. The van der Waals surface area contributed by atoms with E-state index in [1.54, 1.807) is 7.11 Å². The molecule has 1 N–H and O–H groups in total. The van der Waals surface area contributed by atoms with Crippen molar-refractivity contribution in [2.24, 2.45) is 5.92 Å². The summed E-state index contributed by atoms with van der Waals surface area (Å²) >= 11 is 0. The Balaban J connectivity index is 2.83. The zero-order valence-electron chi connectivity index (χ0n) is 14.4. The van der Waals surface area contributed by atoms with Crippen LogP contribution in [0.25, 0.3) is 0 Å². The van der Waals surface area contributed by atoms with Crippen LogP contribution in [0.3, 0.4) is 0 Å². The molecule has 0 aliphatic rings. The highest BCUT2D eigenvalue weighted by Gasteiger charge is 2.39. The van der Waals surface area contributed by atoms with Gasteiger partial charge in [0.25, 0.3) is 0 Å². The number of benzene rings is 2. The summed E-state index contributed by atoms with van der Waals surface area (Å²) in [5.41, 5.74) is 4.01. The van der Waals surface area contributed by atoms with Crippen molar-refractivity contribution in [2.45, 2.75) is 40.2 Å². The van der Waals surface area contributed by atoms with Crippen molar-refractivity contribution in [1.29, 1.82) is 0 Å². The summed E-state index contributed by atoms with van der Waals surface area (Å²) < 4.78 is 5.70. The SMILES string of the molecule is COc1c(C)c(C)cc(C)c1C(O)(c1ccccc1)C(C)C. The Morgan fingerprint density at radius 2 is 1.59 bits per heavy atom. The number of ether oxygens (including phenoxy) is 1.